The summed E-state index contributed by atoms with van der Waals surface area (Å²) in [7, 11) is 0. The molecule has 1 aliphatic heterocycles. The lowest BCUT2D eigenvalue weighted by atomic mass is 9.84. The predicted octanol–water partition coefficient (Wildman–Crippen LogP) is 2.86. The van der Waals surface area contributed by atoms with Gasteiger partial charge >= 0.3 is 0 Å². The highest BCUT2D eigenvalue weighted by molar-refractivity contribution is 5.88. The van der Waals surface area contributed by atoms with E-state index in [2.05, 4.69) is 27.1 Å². The molecule has 1 saturated carbocycles. The molecular weight excluding hydrogens is 300 g/mol. The first-order valence-electron chi connectivity index (χ1n) is 9.37. The van der Waals surface area contributed by atoms with Crippen LogP contribution in [0.2, 0.25) is 0 Å². The van der Waals surface area contributed by atoms with E-state index in [0.29, 0.717) is 6.04 Å². The van der Waals surface area contributed by atoms with Crippen LogP contribution in [0.1, 0.15) is 32.1 Å². The highest BCUT2D eigenvalue weighted by atomic mass is 16.5. The number of anilines is 1. The zero-order chi connectivity index (χ0) is 16.4. The quantitative estimate of drug-likeness (QED) is 0.935. The molecule has 0 unspecified atom stereocenters. The molecule has 2 heterocycles. The molecule has 2 fully saturated rings. The number of hydrogen-bond donors (Lipinski definition) is 1. The Labute approximate surface area is 143 Å². The minimum atomic E-state index is 0.460. The largest absolute Gasteiger partial charge is 0.354 e. The summed E-state index contributed by atoms with van der Waals surface area (Å²) < 4.78 is 5.45. The maximum Gasteiger partial charge on any atom is 0.180 e. The Bertz CT molecular complexity index is 654. The zero-order valence-corrected chi connectivity index (χ0v) is 14.4. The first-order chi connectivity index (χ1) is 11.8. The number of benzene rings is 1. The smallest absolute Gasteiger partial charge is 0.180 e. The van der Waals surface area contributed by atoms with Gasteiger partial charge in [-0.25, -0.2) is 0 Å². The molecule has 2 aromatic rings. The molecule has 0 radical (unpaired) electrons. The van der Waals surface area contributed by atoms with Crippen molar-refractivity contribution in [2.75, 3.05) is 37.6 Å². The number of nitrogens with two attached hydrogens (primary N) is 1. The molecule has 2 N–H and O–H groups in total. The second-order valence-corrected chi connectivity index (χ2v) is 7.40. The lowest BCUT2D eigenvalue weighted by Crippen LogP contribution is -2.47. The van der Waals surface area contributed by atoms with E-state index in [1.165, 1.54) is 38.6 Å². The van der Waals surface area contributed by atoms with Gasteiger partial charge < -0.3 is 15.2 Å². The molecule has 24 heavy (non-hydrogen) atoms. The van der Waals surface area contributed by atoms with E-state index in [-0.39, 0.29) is 0 Å². The van der Waals surface area contributed by atoms with Crippen molar-refractivity contribution in [2.24, 2.45) is 11.7 Å². The van der Waals surface area contributed by atoms with Gasteiger partial charge in [-0.15, -0.1) is 0 Å². The molecule has 5 nitrogen and oxygen atoms in total. The van der Waals surface area contributed by atoms with Gasteiger partial charge in [0.25, 0.3) is 0 Å². The average molecular weight is 328 g/mol. The summed E-state index contributed by atoms with van der Waals surface area (Å²) in [6, 6.07) is 8.59. The highest BCUT2D eigenvalue weighted by Gasteiger charge is 2.23. The summed E-state index contributed by atoms with van der Waals surface area (Å²) in [5.74, 6) is 1.90. The van der Waals surface area contributed by atoms with E-state index in [4.69, 9.17) is 10.3 Å². The average Bonchev–Trinajstić information content (AvgIpc) is 3.06. The van der Waals surface area contributed by atoms with Crippen molar-refractivity contribution in [3.8, 4) is 0 Å². The number of aromatic nitrogens is 1. The summed E-state index contributed by atoms with van der Waals surface area (Å²) in [5, 5.41) is 5.42. The molecule has 1 aromatic carbocycles. The molecule has 5 heteroatoms. The Morgan fingerprint density at radius 1 is 1.04 bits per heavy atom. The van der Waals surface area contributed by atoms with Gasteiger partial charge in [-0.1, -0.05) is 17.3 Å². The first kappa shape index (κ1) is 15.9. The summed E-state index contributed by atoms with van der Waals surface area (Å²) in [6.07, 6.45) is 6.42. The fourth-order valence-corrected chi connectivity index (χ4v) is 4.13. The van der Waals surface area contributed by atoms with Gasteiger partial charge in [0.1, 0.15) is 0 Å². The predicted molar refractivity (Wildman–Crippen MR) is 97.2 cm³/mol. The van der Waals surface area contributed by atoms with Crippen LogP contribution in [0.15, 0.2) is 28.8 Å². The zero-order valence-electron chi connectivity index (χ0n) is 14.4. The molecule has 1 aliphatic carbocycles. The van der Waals surface area contributed by atoms with Crippen molar-refractivity contribution in [3.63, 3.8) is 0 Å². The Morgan fingerprint density at radius 2 is 1.79 bits per heavy atom. The Morgan fingerprint density at radius 3 is 2.58 bits per heavy atom. The second kappa shape index (κ2) is 7.11. The minimum absolute atomic E-state index is 0.460. The van der Waals surface area contributed by atoms with Crippen molar-refractivity contribution < 1.29 is 4.52 Å². The van der Waals surface area contributed by atoms with Crippen molar-refractivity contribution in [3.05, 3.63) is 24.3 Å². The van der Waals surface area contributed by atoms with Crippen LogP contribution in [0.3, 0.4) is 0 Å². The van der Waals surface area contributed by atoms with Gasteiger partial charge in [0.05, 0.1) is 5.39 Å². The third-order valence-corrected chi connectivity index (χ3v) is 5.78. The molecule has 0 spiro atoms. The van der Waals surface area contributed by atoms with Gasteiger partial charge in [-0.2, -0.15) is 0 Å². The molecule has 4 rings (SSSR count). The minimum Gasteiger partial charge on any atom is -0.354 e. The van der Waals surface area contributed by atoms with E-state index in [9.17, 15) is 0 Å². The standard InChI is InChI=1S/C19H28N4O/c20-16-7-5-15(6-8-16)9-10-22-11-13-23(14-12-22)19-17-3-1-2-4-18(17)24-21-19/h1-4,15-16H,5-14,20H2/t15-,16-. The molecule has 0 amide bonds. The molecule has 1 saturated heterocycles. The van der Waals surface area contributed by atoms with Gasteiger partial charge in [-0.3, -0.25) is 4.90 Å². The number of para-hydroxylation sites is 1. The van der Waals surface area contributed by atoms with Gasteiger partial charge in [0.15, 0.2) is 11.4 Å². The van der Waals surface area contributed by atoms with Crippen LogP contribution in [0.5, 0.6) is 0 Å². The van der Waals surface area contributed by atoms with E-state index < -0.39 is 0 Å². The maximum atomic E-state index is 6.01. The molecule has 1 aromatic heterocycles. The van der Waals surface area contributed by atoms with Crippen LogP contribution in [-0.4, -0.2) is 48.8 Å². The highest BCUT2D eigenvalue weighted by Crippen LogP contribution is 2.28. The van der Waals surface area contributed by atoms with Crippen molar-refractivity contribution in [1.82, 2.24) is 10.1 Å². The van der Waals surface area contributed by atoms with Gasteiger partial charge in [-0.05, 0) is 56.7 Å². The summed E-state index contributed by atoms with van der Waals surface area (Å²) in [5.41, 5.74) is 6.89. The van der Waals surface area contributed by atoms with E-state index in [1.807, 2.05) is 12.1 Å². The Kier molecular flexibility index (Phi) is 4.72. The topological polar surface area (TPSA) is 58.5 Å². The summed E-state index contributed by atoms with van der Waals surface area (Å²) in [4.78, 5) is 4.97. The number of rotatable bonds is 4. The number of hydrogen-bond acceptors (Lipinski definition) is 5. The fraction of sp³-hybridized carbons (Fsp3) is 0.632. The van der Waals surface area contributed by atoms with Crippen LogP contribution >= 0.6 is 0 Å². The SMILES string of the molecule is N[C@H]1CC[C@H](CCN2CCN(c3noc4ccccc34)CC2)CC1. The van der Waals surface area contributed by atoms with Gasteiger partial charge in [0.2, 0.25) is 0 Å². The monoisotopic (exact) mass is 328 g/mol. The summed E-state index contributed by atoms with van der Waals surface area (Å²) >= 11 is 0. The third-order valence-electron chi connectivity index (χ3n) is 5.78. The number of fused-ring (bicyclic) bond motifs is 1. The van der Waals surface area contributed by atoms with Crippen LogP contribution in [0.25, 0.3) is 11.0 Å². The summed E-state index contributed by atoms with van der Waals surface area (Å²) in [6.45, 7) is 5.53. The molecule has 0 atom stereocenters. The van der Waals surface area contributed by atoms with Crippen molar-refractivity contribution in [2.45, 2.75) is 38.1 Å². The van der Waals surface area contributed by atoms with Crippen LogP contribution in [0, 0.1) is 5.92 Å². The number of nitrogens with zero attached hydrogens (tertiary/aromatic N) is 3. The van der Waals surface area contributed by atoms with E-state index in [1.54, 1.807) is 0 Å². The molecule has 130 valence electrons. The van der Waals surface area contributed by atoms with E-state index in [0.717, 1.165) is 48.9 Å². The molecular formula is C19H28N4O. The van der Waals surface area contributed by atoms with Crippen LogP contribution < -0.4 is 10.6 Å². The van der Waals surface area contributed by atoms with Crippen molar-refractivity contribution in [1.29, 1.82) is 0 Å². The van der Waals surface area contributed by atoms with E-state index >= 15 is 0 Å². The van der Waals surface area contributed by atoms with Crippen LogP contribution in [0.4, 0.5) is 5.82 Å². The van der Waals surface area contributed by atoms with Crippen LogP contribution in [-0.2, 0) is 0 Å². The van der Waals surface area contributed by atoms with Gasteiger partial charge in [0, 0.05) is 32.2 Å². The first-order valence-corrected chi connectivity index (χ1v) is 9.37. The normalized spacial score (nSPS) is 26.1. The fourth-order valence-electron chi connectivity index (χ4n) is 4.13. The molecule has 0 bridgehead atoms. The third kappa shape index (κ3) is 3.42. The second-order valence-electron chi connectivity index (χ2n) is 7.40. The Balaban J connectivity index is 1.27. The molecule has 2 aliphatic rings. The van der Waals surface area contributed by atoms with Crippen molar-refractivity contribution >= 4 is 16.8 Å². The lowest BCUT2D eigenvalue weighted by Gasteiger charge is -2.36. The Hall–Kier alpha value is -1.59. The number of piperazine rings is 1. The lowest BCUT2D eigenvalue weighted by molar-refractivity contribution is 0.216. The maximum absolute atomic E-state index is 6.01.